The zero-order valence-corrected chi connectivity index (χ0v) is 14.9. The predicted octanol–water partition coefficient (Wildman–Crippen LogP) is 1.10. The summed E-state index contributed by atoms with van der Waals surface area (Å²) in [6, 6.07) is 4.15. The van der Waals surface area contributed by atoms with E-state index in [1.165, 1.54) is 22.9 Å². The van der Waals surface area contributed by atoms with Gasteiger partial charge in [0.05, 0.1) is 22.5 Å². The van der Waals surface area contributed by atoms with Crippen LogP contribution in [0.5, 0.6) is 0 Å². The van der Waals surface area contributed by atoms with Crippen molar-refractivity contribution in [3.63, 3.8) is 0 Å². The van der Waals surface area contributed by atoms with Crippen molar-refractivity contribution in [3.05, 3.63) is 40.4 Å². The third-order valence-electron chi connectivity index (χ3n) is 4.09. The first-order chi connectivity index (χ1) is 11.5. The Morgan fingerprint density at radius 2 is 2.28 bits per heavy atom. The van der Waals surface area contributed by atoms with E-state index in [0.717, 1.165) is 0 Å². The number of carbonyl (C=O) groups excluding carboxylic acids is 1. The lowest BCUT2D eigenvalue weighted by atomic mass is 10.1. The second-order valence-corrected chi connectivity index (χ2v) is 6.14. The fourth-order valence-electron chi connectivity index (χ4n) is 2.64. The van der Waals surface area contributed by atoms with Crippen LogP contribution < -0.4 is 10.6 Å². The van der Waals surface area contributed by atoms with Crippen molar-refractivity contribution >= 4 is 29.9 Å². The maximum Gasteiger partial charge on any atom is 0.273 e. The molecule has 1 aromatic heterocycles. The van der Waals surface area contributed by atoms with E-state index >= 15 is 0 Å². The van der Waals surface area contributed by atoms with Crippen molar-refractivity contribution < 1.29 is 14.3 Å². The van der Waals surface area contributed by atoms with Crippen molar-refractivity contribution in [1.29, 1.82) is 0 Å². The van der Waals surface area contributed by atoms with Crippen LogP contribution >= 0.6 is 24.0 Å². The molecule has 0 aliphatic carbocycles. The second-order valence-electron chi connectivity index (χ2n) is 5.73. The number of nitrogens with one attached hydrogen (secondary N) is 2. The lowest BCUT2D eigenvalue weighted by Crippen LogP contribution is -2.34. The van der Waals surface area contributed by atoms with E-state index in [2.05, 4.69) is 20.9 Å². The molecule has 3 rings (SSSR count). The second kappa shape index (κ2) is 8.09. The molecule has 2 aromatic rings. The van der Waals surface area contributed by atoms with Gasteiger partial charge in [0.15, 0.2) is 5.69 Å². The summed E-state index contributed by atoms with van der Waals surface area (Å²) in [5, 5.41) is 23.4. The maximum absolute atomic E-state index is 13.3. The molecular weight excluding hydrogens is 372 g/mol. The van der Waals surface area contributed by atoms with Crippen molar-refractivity contribution in [2.75, 3.05) is 19.6 Å². The number of aliphatic hydroxyl groups excluding tert-OH is 1. The Labute approximate surface area is 155 Å². The Morgan fingerprint density at radius 3 is 2.92 bits per heavy atom. The van der Waals surface area contributed by atoms with Crippen LogP contribution in [0, 0.1) is 18.7 Å². The van der Waals surface area contributed by atoms with Gasteiger partial charge in [0.2, 0.25) is 0 Å². The number of nitrogens with zero attached hydrogens (tertiary/aromatic N) is 3. The number of benzene rings is 1. The number of amides is 1. The molecule has 1 amide bonds. The summed E-state index contributed by atoms with van der Waals surface area (Å²) in [4.78, 5) is 12.3. The molecule has 2 unspecified atom stereocenters. The quantitative estimate of drug-likeness (QED) is 0.727. The topological polar surface area (TPSA) is 92.1 Å². The van der Waals surface area contributed by atoms with Crippen LogP contribution in [0.15, 0.2) is 18.2 Å². The van der Waals surface area contributed by atoms with Crippen molar-refractivity contribution in [3.8, 4) is 5.69 Å². The molecule has 0 spiro atoms. The largest absolute Gasteiger partial charge is 0.391 e. The average Bonchev–Trinajstić information content (AvgIpc) is 3.14. The lowest BCUT2D eigenvalue weighted by Gasteiger charge is -2.13. The number of rotatable bonds is 4. The molecule has 7 nitrogen and oxygen atoms in total. The van der Waals surface area contributed by atoms with Crippen LogP contribution in [0.4, 0.5) is 4.39 Å². The SMILES string of the molecule is Cc1c(C(=O)NCC2CNCC2O)nnn1-c1ccc(F)c(Cl)c1.Cl. The highest BCUT2D eigenvalue weighted by Gasteiger charge is 2.26. The van der Waals surface area contributed by atoms with Gasteiger partial charge in [-0.3, -0.25) is 4.79 Å². The first-order valence-electron chi connectivity index (χ1n) is 7.52. The number of hydrogen-bond acceptors (Lipinski definition) is 5. The molecule has 1 fully saturated rings. The van der Waals surface area contributed by atoms with Gasteiger partial charge in [-0.15, -0.1) is 17.5 Å². The monoisotopic (exact) mass is 389 g/mol. The third-order valence-corrected chi connectivity index (χ3v) is 4.38. The number of β-amino-alcohol motifs (C(OH)–C–C–N with tert-alkyl or cyclic N) is 1. The summed E-state index contributed by atoms with van der Waals surface area (Å²) in [5.74, 6) is -0.925. The summed E-state index contributed by atoms with van der Waals surface area (Å²) >= 11 is 5.78. The minimum Gasteiger partial charge on any atom is -0.391 e. The zero-order valence-electron chi connectivity index (χ0n) is 13.4. The number of halogens is 3. The first-order valence-corrected chi connectivity index (χ1v) is 7.90. The van der Waals surface area contributed by atoms with Crippen LogP contribution in [0.3, 0.4) is 0 Å². The number of hydrogen-bond donors (Lipinski definition) is 3. The molecule has 10 heteroatoms. The van der Waals surface area contributed by atoms with Crippen LogP contribution in [-0.2, 0) is 0 Å². The van der Waals surface area contributed by atoms with Gasteiger partial charge in [0.25, 0.3) is 5.91 Å². The van der Waals surface area contributed by atoms with Crippen molar-refractivity contribution in [2.45, 2.75) is 13.0 Å². The molecule has 1 aromatic carbocycles. The molecule has 0 radical (unpaired) electrons. The molecule has 2 heterocycles. The molecule has 1 saturated heterocycles. The molecule has 136 valence electrons. The Bertz CT molecular complexity index is 770. The van der Waals surface area contributed by atoms with Gasteiger partial charge in [-0.05, 0) is 25.1 Å². The lowest BCUT2D eigenvalue weighted by molar-refractivity contribution is 0.0921. The van der Waals surface area contributed by atoms with Gasteiger partial charge in [-0.25, -0.2) is 9.07 Å². The molecule has 0 saturated carbocycles. The van der Waals surface area contributed by atoms with Gasteiger partial charge in [-0.1, -0.05) is 16.8 Å². The molecule has 1 aliphatic rings. The zero-order chi connectivity index (χ0) is 17.3. The smallest absolute Gasteiger partial charge is 0.273 e. The van der Waals surface area contributed by atoms with Gasteiger partial charge >= 0.3 is 0 Å². The van der Waals surface area contributed by atoms with E-state index in [-0.39, 0.29) is 34.9 Å². The molecule has 2 atom stereocenters. The summed E-state index contributed by atoms with van der Waals surface area (Å²) in [6.07, 6.45) is -0.469. The first kappa shape index (κ1) is 19.6. The van der Waals surface area contributed by atoms with E-state index in [0.29, 0.717) is 31.0 Å². The van der Waals surface area contributed by atoms with Crippen molar-refractivity contribution in [1.82, 2.24) is 25.6 Å². The highest BCUT2D eigenvalue weighted by molar-refractivity contribution is 6.30. The summed E-state index contributed by atoms with van der Waals surface area (Å²) < 4.78 is 14.7. The summed E-state index contributed by atoms with van der Waals surface area (Å²) in [6.45, 7) is 3.22. The van der Waals surface area contributed by atoms with E-state index in [1.54, 1.807) is 6.92 Å². The number of aromatic nitrogens is 3. The van der Waals surface area contributed by atoms with Crippen LogP contribution in [-0.4, -0.2) is 51.7 Å². The normalized spacial score (nSPS) is 19.5. The molecule has 0 bridgehead atoms. The Morgan fingerprint density at radius 1 is 1.52 bits per heavy atom. The number of carbonyl (C=O) groups is 1. The Balaban J connectivity index is 0.00000225. The standard InChI is InChI=1S/C15H17ClFN5O2.ClH/c1-8-14(15(24)19-6-9-5-18-7-13(9)23)20-21-22(8)10-2-3-12(17)11(16)4-10;/h2-4,9,13,18,23H,5-7H2,1H3,(H,19,24);1H. The fraction of sp³-hybridized carbons (Fsp3) is 0.400. The summed E-state index contributed by atoms with van der Waals surface area (Å²) in [5.41, 5.74) is 1.21. The minimum absolute atomic E-state index is 0. The van der Waals surface area contributed by atoms with Crippen LogP contribution in [0.1, 0.15) is 16.2 Å². The fourth-order valence-corrected chi connectivity index (χ4v) is 2.81. The van der Waals surface area contributed by atoms with E-state index in [9.17, 15) is 14.3 Å². The molecular formula is C15H18Cl2FN5O2. The molecule has 1 aliphatic heterocycles. The highest BCUT2D eigenvalue weighted by atomic mass is 35.5. The van der Waals surface area contributed by atoms with E-state index in [1.807, 2.05) is 0 Å². The van der Waals surface area contributed by atoms with E-state index in [4.69, 9.17) is 11.6 Å². The molecule has 25 heavy (non-hydrogen) atoms. The minimum atomic E-state index is -0.528. The third kappa shape index (κ3) is 4.09. The van der Waals surface area contributed by atoms with Crippen LogP contribution in [0.25, 0.3) is 5.69 Å². The maximum atomic E-state index is 13.3. The van der Waals surface area contributed by atoms with Gasteiger partial charge in [0, 0.05) is 25.6 Å². The van der Waals surface area contributed by atoms with Gasteiger partial charge in [0.1, 0.15) is 5.82 Å². The highest BCUT2D eigenvalue weighted by Crippen LogP contribution is 2.20. The van der Waals surface area contributed by atoms with Gasteiger partial charge < -0.3 is 15.7 Å². The summed E-state index contributed by atoms with van der Waals surface area (Å²) in [7, 11) is 0. The Kier molecular flexibility index (Phi) is 6.34. The van der Waals surface area contributed by atoms with E-state index < -0.39 is 11.9 Å². The number of aliphatic hydroxyl groups is 1. The van der Waals surface area contributed by atoms with Crippen molar-refractivity contribution in [2.24, 2.45) is 5.92 Å². The van der Waals surface area contributed by atoms with Gasteiger partial charge in [-0.2, -0.15) is 0 Å². The average molecular weight is 390 g/mol. The Hall–Kier alpha value is -1.74. The predicted molar refractivity (Wildman–Crippen MR) is 93.0 cm³/mol. The molecule has 3 N–H and O–H groups in total. The van der Waals surface area contributed by atoms with Crippen LogP contribution in [0.2, 0.25) is 5.02 Å².